The molecule has 2 aromatic rings. The molecule has 2 aromatic carbocycles. The second-order valence-corrected chi connectivity index (χ2v) is 7.72. The molecule has 1 unspecified atom stereocenters. The van der Waals surface area contributed by atoms with Crippen molar-refractivity contribution in [3.63, 3.8) is 0 Å². The van der Waals surface area contributed by atoms with Crippen LogP contribution < -0.4 is 14.2 Å². The number of Topliss-reactive ketones (excluding diaryl/α,β-unsaturated/α-hetero) is 1. The zero-order valence-electron chi connectivity index (χ0n) is 17.9. The molecule has 0 spiro atoms. The van der Waals surface area contributed by atoms with Gasteiger partial charge in [-0.2, -0.15) is 0 Å². The first-order chi connectivity index (χ1) is 14.4. The smallest absolute Gasteiger partial charge is 0.179 e. The number of halogens is 1. The predicted octanol–water partition coefficient (Wildman–Crippen LogP) is 4.15. The maximum absolute atomic E-state index is 11.6. The van der Waals surface area contributed by atoms with Crippen LogP contribution in [0.15, 0.2) is 30.3 Å². The molecule has 3 rings (SSSR count). The highest BCUT2D eigenvalue weighted by Gasteiger charge is 2.23. The first kappa shape index (κ1) is 22.4. The highest BCUT2D eigenvalue weighted by molar-refractivity contribution is 6.33. The number of hydrogen-bond acceptors (Lipinski definition) is 6. The zero-order valence-corrected chi connectivity index (χ0v) is 18.6. The molecule has 1 fully saturated rings. The van der Waals surface area contributed by atoms with Gasteiger partial charge in [-0.25, -0.2) is 0 Å². The number of nitrogens with zero attached hydrogens (tertiary/aromatic N) is 1. The zero-order chi connectivity index (χ0) is 21.7. The van der Waals surface area contributed by atoms with Crippen LogP contribution in [0, 0.1) is 6.92 Å². The van der Waals surface area contributed by atoms with Gasteiger partial charge in [0.1, 0.15) is 18.5 Å². The summed E-state index contributed by atoms with van der Waals surface area (Å²) < 4.78 is 22.5. The van der Waals surface area contributed by atoms with Gasteiger partial charge < -0.3 is 18.9 Å². The summed E-state index contributed by atoms with van der Waals surface area (Å²) in [4.78, 5) is 13.9. The summed E-state index contributed by atoms with van der Waals surface area (Å²) in [6.45, 7) is 6.78. The van der Waals surface area contributed by atoms with E-state index >= 15 is 0 Å². The van der Waals surface area contributed by atoms with Crippen LogP contribution in [0.1, 0.15) is 28.4 Å². The van der Waals surface area contributed by atoms with Gasteiger partial charge in [-0.15, -0.1) is 0 Å². The van der Waals surface area contributed by atoms with E-state index in [1.807, 2.05) is 31.2 Å². The fourth-order valence-corrected chi connectivity index (χ4v) is 3.92. The Labute approximate surface area is 182 Å². The highest BCUT2D eigenvalue weighted by Crippen LogP contribution is 2.37. The van der Waals surface area contributed by atoms with Gasteiger partial charge in [0.15, 0.2) is 17.3 Å². The molecule has 1 atom stereocenters. The van der Waals surface area contributed by atoms with E-state index in [0.29, 0.717) is 41.8 Å². The second kappa shape index (κ2) is 10.2. The van der Waals surface area contributed by atoms with Crippen molar-refractivity contribution in [3.05, 3.63) is 52.0 Å². The van der Waals surface area contributed by atoms with Gasteiger partial charge in [-0.1, -0.05) is 17.7 Å². The summed E-state index contributed by atoms with van der Waals surface area (Å²) >= 11 is 6.53. The standard InChI is InChI=1S/C23H28ClNO5/c1-15-11-18(6-7-20(15)16(2)26)30-14-19-13-25(9-10-29-19)12-17-5-8-21(27-3)23(28-4)22(17)24/h5-8,11,19H,9-10,12-14H2,1-4H3. The maximum Gasteiger partial charge on any atom is 0.179 e. The molecule has 6 nitrogen and oxygen atoms in total. The maximum atomic E-state index is 11.6. The number of morpholine rings is 1. The van der Waals surface area contributed by atoms with Crippen molar-refractivity contribution in [3.8, 4) is 17.2 Å². The van der Waals surface area contributed by atoms with Crippen molar-refractivity contribution in [2.45, 2.75) is 26.5 Å². The van der Waals surface area contributed by atoms with Crippen LogP contribution in [-0.4, -0.2) is 57.3 Å². The predicted molar refractivity (Wildman–Crippen MR) is 116 cm³/mol. The molecule has 162 valence electrons. The van der Waals surface area contributed by atoms with Crippen LogP contribution in [0.2, 0.25) is 5.02 Å². The Kier molecular flexibility index (Phi) is 7.58. The molecule has 7 heteroatoms. The van der Waals surface area contributed by atoms with Gasteiger partial charge in [-0.3, -0.25) is 9.69 Å². The number of ketones is 1. The monoisotopic (exact) mass is 433 g/mol. The molecule has 0 N–H and O–H groups in total. The van der Waals surface area contributed by atoms with Gasteiger partial charge in [0.25, 0.3) is 0 Å². The average molecular weight is 434 g/mol. The Hall–Kier alpha value is -2.28. The van der Waals surface area contributed by atoms with E-state index < -0.39 is 0 Å². The highest BCUT2D eigenvalue weighted by atomic mass is 35.5. The Morgan fingerprint density at radius 1 is 1.23 bits per heavy atom. The molecule has 0 bridgehead atoms. The van der Waals surface area contributed by atoms with E-state index in [0.717, 1.165) is 30.0 Å². The quantitative estimate of drug-likeness (QED) is 0.583. The summed E-state index contributed by atoms with van der Waals surface area (Å²) in [7, 11) is 3.18. The van der Waals surface area contributed by atoms with E-state index in [1.165, 1.54) is 0 Å². The summed E-state index contributed by atoms with van der Waals surface area (Å²) in [6, 6.07) is 9.35. The Bertz CT molecular complexity index is 901. The van der Waals surface area contributed by atoms with E-state index in [9.17, 15) is 4.79 Å². The van der Waals surface area contributed by atoms with Crippen molar-refractivity contribution >= 4 is 17.4 Å². The minimum absolute atomic E-state index is 0.0505. The van der Waals surface area contributed by atoms with Crippen molar-refractivity contribution < 1.29 is 23.7 Å². The van der Waals surface area contributed by atoms with Gasteiger partial charge in [-0.05, 0) is 49.2 Å². The van der Waals surface area contributed by atoms with E-state index in [4.69, 9.17) is 30.5 Å². The normalized spacial score (nSPS) is 16.9. The third-order valence-electron chi connectivity index (χ3n) is 5.19. The lowest BCUT2D eigenvalue weighted by Crippen LogP contribution is -2.44. The van der Waals surface area contributed by atoms with Gasteiger partial charge in [0.2, 0.25) is 0 Å². The fourth-order valence-electron chi connectivity index (χ4n) is 3.63. The van der Waals surface area contributed by atoms with Crippen LogP contribution in [0.25, 0.3) is 0 Å². The molecular formula is C23H28ClNO5. The van der Waals surface area contributed by atoms with Crippen molar-refractivity contribution in [2.75, 3.05) is 40.5 Å². The van der Waals surface area contributed by atoms with Gasteiger partial charge in [0.05, 0.1) is 25.8 Å². The fraction of sp³-hybridized carbons (Fsp3) is 0.435. The lowest BCUT2D eigenvalue weighted by molar-refractivity contribution is -0.0504. The average Bonchev–Trinajstić information content (AvgIpc) is 2.73. The molecule has 0 aromatic heterocycles. The summed E-state index contributed by atoms with van der Waals surface area (Å²) in [5.41, 5.74) is 2.61. The minimum atomic E-state index is -0.0505. The van der Waals surface area contributed by atoms with E-state index in [1.54, 1.807) is 27.2 Å². The van der Waals surface area contributed by atoms with Crippen LogP contribution in [-0.2, 0) is 11.3 Å². The summed E-state index contributed by atoms with van der Waals surface area (Å²) in [5, 5.41) is 0.567. The second-order valence-electron chi connectivity index (χ2n) is 7.35. The summed E-state index contributed by atoms with van der Waals surface area (Å²) in [6.07, 6.45) is -0.0505. The van der Waals surface area contributed by atoms with Crippen molar-refractivity contribution in [2.24, 2.45) is 0 Å². The molecule has 1 heterocycles. The van der Waals surface area contributed by atoms with Gasteiger partial charge in [0, 0.05) is 25.2 Å². The molecule has 30 heavy (non-hydrogen) atoms. The number of methoxy groups -OCH3 is 2. The molecule has 0 aliphatic carbocycles. The first-order valence-corrected chi connectivity index (χ1v) is 10.3. The largest absolute Gasteiger partial charge is 0.493 e. The van der Waals surface area contributed by atoms with Gasteiger partial charge >= 0.3 is 0 Å². The Morgan fingerprint density at radius 3 is 2.70 bits per heavy atom. The number of ether oxygens (including phenoxy) is 4. The molecular weight excluding hydrogens is 406 g/mol. The van der Waals surface area contributed by atoms with Crippen molar-refractivity contribution in [1.29, 1.82) is 0 Å². The number of hydrogen-bond donors (Lipinski definition) is 0. The molecule has 1 aliphatic rings. The van der Waals surface area contributed by atoms with Crippen LogP contribution >= 0.6 is 11.6 Å². The third kappa shape index (κ3) is 5.25. The van der Waals surface area contributed by atoms with Crippen LogP contribution in [0.4, 0.5) is 0 Å². The third-order valence-corrected chi connectivity index (χ3v) is 5.61. The SMILES string of the molecule is COc1ccc(CN2CCOC(COc3ccc(C(C)=O)c(C)c3)C2)c(Cl)c1OC. The molecule has 0 amide bonds. The molecule has 0 saturated carbocycles. The van der Waals surface area contributed by atoms with Crippen molar-refractivity contribution in [1.82, 2.24) is 4.90 Å². The van der Waals surface area contributed by atoms with E-state index in [2.05, 4.69) is 4.90 Å². The summed E-state index contributed by atoms with van der Waals surface area (Å²) in [5.74, 6) is 1.96. The van der Waals surface area contributed by atoms with E-state index in [-0.39, 0.29) is 11.9 Å². The molecule has 1 aliphatic heterocycles. The number of aryl methyl sites for hydroxylation is 1. The number of rotatable bonds is 8. The topological polar surface area (TPSA) is 57.2 Å². The lowest BCUT2D eigenvalue weighted by Gasteiger charge is -2.33. The minimum Gasteiger partial charge on any atom is -0.493 e. The lowest BCUT2D eigenvalue weighted by atomic mass is 10.1. The Morgan fingerprint density at radius 2 is 2.03 bits per heavy atom. The number of carbonyl (C=O) groups excluding carboxylic acids is 1. The van der Waals surface area contributed by atoms with Crippen LogP contribution in [0.3, 0.4) is 0 Å². The number of benzene rings is 2. The first-order valence-electron chi connectivity index (χ1n) is 9.90. The molecule has 1 saturated heterocycles. The van der Waals surface area contributed by atoms with Crippen LogP contribution in [0.5, 0.6) is 17.2 Å². The number of carbonyl (C=O) groups is 1. The molecule has 0 radical (unpaired) electrons. The Balaban J connectivity index is 1.60.